The third-order valence-corrected chi connectivity index (χ3v) is 4.26. The van der Waals surface area contributed by atoms with E-state index in [1.807, 2.05) is 6.07 Å². The Morgan fingerprint density at radius 3 is 2.65 bits per heavy atom. The second-order valence-electron chi connectivity index (χ2n) is 6.06. The topological polar surface area (TPSA) is 50.4 Å². The lowest BCUT2D eigenvalue weighted by atomic mass is 10.1. The Balaban J connectivity index is 2.03. The van der Waals surface area contributed by atoms with E-state index in [4.69, 9.17) is 40.2 Å². The van der Waals surface area contributed by atoms with Gasteiger partial charge in [0, 0.05) is 5.02 Å². The largest absolute Gasteiger partial charge is 0.493 e. The van der Waals surface area contributed by atoms with E-state index >= 15 is 0 Å². The number of hydrogen-bond acceptors (Lipinski definition) is 3. The van der Waals surface area contributed by atoms with Crippen LogP contribution in [0.5, 0.6) is 5.75 Å². The van der Waals surface area contributed by atoms with Crippen molar-refractivity contribution in [2.45, 2.75) is 20.3 Å². The molecule has 0 aliphatic heterocycles. The average Bonchev–Trinajstić information content (AvgIpc) is 2.58. The summed E-state index contributed by atoms with van der Waals surface area (Å²) in [6, 6.07) is 12.0. The lowest BCUT2D eigenvalue weighted by Gasteiger charge is -2.14. The van der Waals surface area contributed by atoms with Gasteiger partial charge in [0.25, 0.3) is 5.91 Å². The molecule has 4 nitrogen and oxygen atoms in total. The fourth-order valence-electron chi connectivity index (χ4n) is 2.10. The molecule has 7 heteroatoms. The van der Waals surface area contributed by atoms with E-state index in [0.717, 1.165) is 6.42 Å². The van der Waals surface area contributed by atoms with E-state index in [2.05, 4.69) is 24.5 Å². The van der Waals surface area contributed by atoms with Gasteiger partial charge in [-0.1, -0.05) is 49.2 Å². The Morgan fingerprint density at radius 2 is 1.92 bits per heavy atom. The highest BCUT2D eigenvalue weighted by molar-refractivity contribution is 7.80. The van der Waals surface area contributed by atoms with Crippen molar-refractivity contribution in [1.29, 1.82) is 0 Å². The molecular formula is C19H20Cl2N2O2S. The number of nitrogens with one attached hydrogen (secondary N) is 2. The van der Waals surface area contributed by atoms with Gasteiger partial charge >= 0.3 is 0 Å². The second kappa shape index (κ2) is 9.76. The maximum absolute atomic E-state index is 12.5. The van der Waals surface area contributed by atoms with Crippen molar-refractivity contribution in [2.75, 3.05) is 11.9 Å². The van der Waals surface area contributed by atoms with E-state index in [9.17, 15) is 4.79 Å². The molecule has 0 aliphatic carbocycles. The molecule has 26 heavy (non-hydrogen) atoms. The number of rotatable bonds is 6. The van der Waals surface area contributed by atoms with Gasteiger partial charge in [-0.05, 0) is 54.9 Å². The summed E-state index contributed by atoms with van der Waals surface area (Å²) in [6.45, 7) is 4.78. The summed E-state index contributed by atoms with van der Waals surface area (Å²) >= 11 is 17.2. The number of anilines is 1. The van der Waals surface area contributed by atoms with Crippen LogP contribution in [0.3, 0.4) is 0 Å². The summed E-state index contributed by atoms with van der Waals surface area (Å²) in [5, 5.41) is 6.58. The normalized spacial score (nSPS) is 10.5. The van der Waals surface area contributed by atoms with Gasteiger partial charge in [0.2, 0.25) is 0 Å². The van der Waals surface area contributed by atoms with E-state index in [0.29, 0.717) is 39.6 Å². The van der Waals surface area contributed by atoms with Crippen molar-refractivity contribution >= 4 is 52.1 Å². The van der Waals surface area contributed by atoms with E-state index in [1.165, 1.54) is 0 Å². The number of halogens is 2. The summed E-state index contributed by atoms with van der Waals surface area (Å²) in [6.07, 6.45) is 0.906. The second-order valence-corrected chi connectivity index (χ2v) is 7.31. The van der Waals surface area contributed by atoms with Gasteiger partial charge in [-0.3, -0.25) is 10.1 Å². The zero-order valence-electron chi connectivity index (χ0n) is 14.5. The molecule has 2 aromatic rings. The lowest BCUT2D eigenvalue weighted by Crippen LogP contribution is -2.34. The smallest absolute Gasteiger partial charge is 0.261 e. The Labute approximate surface area is 168 Å². The predicted octanol–water partition coefficient (Wildman–Crippen LogP) is 5.55. The van der Waals surface area contributed by atoms with Crippen LogP contribution < -0.4 is 15.4 Å². The third-order valence-electron chi connectivity index (χ3n) is 3.49. The van der Waals surface area contributed by atoms with E-state index < -0.39 is 0 Å². The SMILES string of the molecule is CC(C)CCOc1ccccc1C(=O)NC(=S)Nc1cc(Cl)ccc1Cl. The summed E-state index contributed by atoms with van der Waals surface area (Å²) in [4.78, 5) is 12.5. The molecular weight excluding hydrogens is 391 g/mol. The number of carbonyl (C=O) groups is 1. The first kappa shape index (κ1) is 20.5. The molecule has 0 saturated heterocycles. The number of para-hydroxylation sites is 1. The molecule has 0 bridgehead atoms. The quantitative estimate of drug-likeness (QED) is 0.613. The molecule has 0 fully saturated rings. The summed E-state index contributed by atoms with van der Waals surface area (Å²) in [7, 11) is 0. The first-order chi connectivity index (χ1) is 12.4. The average molecular weight is 411 g/mol. The Bertz CT molecular complexity index is 797. The molecule has 0 radical (unpaired) electrons. The van der Waals surface area contributed by atoms with Crippen molar-refractivity contribution < 1.29 is 9.53 Å². The first-order valence-electron chi connectivity index (χ1n) is 8.16. The van der Waals surface area contributed by atoms with Crippen LogP contribution in [-0.4, -0.2) is 17.6 Å². The number of ether oxygens (including phenoxy) is 1. The van der Waals surface area contributed by atoms with Crippen LogP contribution in [0.4, 0.5) is 5.69 Å². The van der Waals surface area contributed by atoms with E-state index in [-0.39, 0.29) is 11.0 Å². The molecule has 0 atom stereocenters. The van der Waals surface area contributed by atoms with Gasteiger partial charge < -0.3 is 10.1 Å². The number of amides is 1. The van der Waals surface area contributed by atoms with Crippen LogP contribution >= 0.6 is 35.4 Å². The molecule has 0 heterocycles. The van der Waals surface area contributed by atoms with Crippen molar-refractivity contribution in [3.63, 3.8) is 0 Å². The Morgan fingerprint density at radius 1 is 1.19 bits per heavy atom. The lowest BCUT2D eigenvalue weighted by molar-refractivity contribution is 0.0973. The molecule has 138 valence electrons. The van der Waals surface area contributed by atoms with Gasteiger partial charge in [0.15, 0.2) is 5.11 Å². The van der Waals surface area contributed by atoms with Crippen molar-refractivity contribution in [3.8, 4) is 5.75 Å². The molecule has 0 saturated carbocycles. The monoisotopic (exact) mass is 410 g/mol. The highest BCUT2D eigenvalue weighted by Gasteiger charge is 2.14. The van der Waals surface area contributed by atoms with Crippen LogP contribution in [0.15, 0.2) is 42.5 Å². The van der Waals surface area contributed by atoms with Crippen molar-refractivity contribution in [3.05, 3.63) is 58.1 Å². The van der Waals surface area contributed by atoms with E-state index in [1.54, 1.807) is 36.4 Å². The highest BCUT2D eigenvalue weighted by Crippen LogP contribution is 2.25. The van der Waals surface area contributed by atoms with Crippen molar-refractivity contribution in [1.82, 2.24) is 5.32 Å². The number of thiocarbonyl (C=S) groups is 1. The van der Waals surface area contributed by atoms with Gasteiger partial charge in [-0.2, -0.15) is 0 Å². The van der Waals surface area contributed by atoms with Gasteiger partial charge in [0.05, 0.1) is 22.9 Å². The molecule has 2 N–H and O–H groups in total. The van der Waals surface area contributed by atoms with Crippen LogP contribution in [0, 0.1) is 5.92 Å². The molecule has 2 rings (SSSR count). The van der Waals surface area contributed by atoms with Gasteiger partial charge in [0.1, 0.15) is 5.75 Å². The number of hydrogen-bond donors (Lipinski definition) is 2. The number of benzene rings is 2. The maximum atomic E-state index is 12.5. The zero-order valence-corrected chi connectivity index (χ0v) is 16.8. The third kappa shape index (κ3) is 6.16. The molecule has 0 unspecified atom stereocenters. The molecule has 0 aromatic heterocycles. The molecule has 1 amide bonds. The molecule has 2 aromatic carbocycles. The van der Waals surface area contributed by atoms with Crippen molar-refractivity contribution in [2.24, 2.45) is 5.92 Å². The Kier molecular flexibility index (Phi) is 7.69. The fourth-order valence-corrected chi connectivity index (χ4v) is 2.64. The summed E-state index contributed by atoms with van der Waals surface area (Å²) in [5.41, 5.74) is 0.934. The molecule has 0 aliphatic rings. The first-order valence-corrected chi connectivity index (χ1v) is 9.32. The van der Waals surface area contributed by atoms with Crippen LogP contribution in [0.2, 0.25) is 10.0 Å². The van der Waals surface area contributed by atoms with Crippen LogP contribution in [0.25, 0.3) is 0 Å². The highest BCUT2D eigenvalue weighted by atomic mass is 35.5. The van der Waals surface area contributed by atoms with Crippen LogP contribution in [0.1, 0.15) is 30.6 Å². The fraction of sp³-hybridized carbons (Fsp3) is 0.263. The minimum Gasteiger partial charge on any atom is -0.493 e. The van der Waals surface area contributed by atoms with Crippen LogP contribution in [-0.2, 0) is 0 Å². The maximum Gasteiger partial charge on any atom is 0.261 e. The Hall–Kier alpha value is -1.82. The van der Waals surface area contributed by atoms with Gasteiger partial charge in [-0.25, -0.2) is 0 Å². The number of carbonyl (C=O) groups excluding carboxylic acids is 1. The van der Waals surface area contributed by atoms with Gasteiger partial charge in [-0.15, -0.1) is 0 Å². The summed E-state index contributed by atoms with van der Waals surface area (Å²) in [5.74, 6) is 0.685. The standard InChI is InChI=1S/C19H20Cl2N2O2S/c1-12(2)9-10-25-17-6-4-3-5-14(17)18(24)23-19(26)22-16-11-13(20)7-8-15(16)21/h3-8,11-12H,9-10H2,1-2H3,(H2,22,23,24,26). The zero-order chi connectivity index (χ0) is 19.1. The minimum atomic E-state index is -0.360. The minimum absolute atomic E-state index is 0.121. The molecule has 0 spiro atoms. The predicted molar refractivity (Wildman–Crippen MR) is 112 cm³/mol. The summed E-state index contributed by atoms with van der Waals surface area (Å²) < 4.78 is 5.74.